The molecule has 21 heavy (non-hydrogen) atoms. The van der Waals surface area contributed by atoms with Gasteiger partial charge in [0.25, 0.3) is 0 Å². The average Bonchev–Trinajstić information content (AvgIpc) is 2.36. The summed E-state index contributed by atoms with van der Waals surface area (Å²) in [5, 5.41) is 0. The Morgan fingerprint density at radius 2 is 1.62 bits per heavy atom. The van der Waals surface area contributed by atoms with Crippen molar-refractivity contribution in [3.63, 3.8) is 0 Å². The Kier molecular flexibility index (Phi) is 5.82. The first kappa shape index (κ1) is 16.9. The lowest BCUT2D eigenvalue weighted by Gasteiger charge is -2.11. The fourth-order valence-electron chi connectivity index (χ4n) is 2.50. The summed E-state index contributed by atoms with van der Waals surface area (Å²) in [4.78, 5) is 4.77. The summed E-state index contributed by atoms with van der Waals surface area (Å²) in [7, 11) is 0. The van der Waals surface area contributed by atoms with Crippen molar-refractivity contribution in [2.75, 3.05) is 0 Å². The highest BCUT2D eigenvalue weighted by Crippen LogP contribution is 2.25. The lowest BCUT2D eigenvalue weighted by molar-refractivity contribution is 0.819. The van der Waals surface area contributed by atoms with Gasteiger partial charge in [0.2, 0.25) is 0 Å². The molecule has 2 aromatic carbocycles. The number of hydrogen-bond donors (Lipinski definition) is 0. The van der Waals surface area contributed by atoms with Crippen LogP contribution < -0.4 is 0 Å². The minimum atomic E-state index is 0.175. The van der Waals surface area contributed by atoms with Crippen molar-refractivity contribution in [1.82, 2.24) is 0 Å². The number of hydrogen-bond acceptors (Lipinski definition) is 1. The molecule has 1 nitrogen and oxygen atoms in total. The molecule has 0 aliphatic heterocycles. The van der Waals surface area contributed by atoms with Crippen LogP contribution in [0.3, 0.4) is 0 Å². The molecule has 1 atom stereocenters. The molecule has 0 saturated carbocycles. The van der Waals surface area contributed by atoms with Gasteiger partial charge in [0, 0.05) is 13.4 Å². The summed E-state index contributed by atoms with van der Waals surface area (Å²) in [6.07, 6.45) is 2.03. The zero-order valence-electron chi connectivity index (χ0n) is 12.7. The van der Waals surface area contributed by atoms with E-state index in [1.54, 1.807) is 0 Å². The first-order chi connectivity index (χ1) is 9.88. The standard InChI is InChI=1S/C18H19I2N/c1-11-7-12(2)17(13(3)8-11)10-21-14(4)16-6-5-15(19)9-18(16)20/h5-10,14H,1-4H3. The second-order valence-electron chi connectivity index (χ2n) is 5.43. The van der Waals surface area contributed by atoms with E-state index in [9.17, 15) is 0 Å². The van der Waals surface area contributed by atoms with E-state index in [2.05, 4.69) is 103 Å². The Bertz CT molecular complexity index is 667. The number of nitrogens with zero attached hydrogens (tertiary/aromatic N) is 1. The fourth-order valence-corrected chi connectivity index (χ4v) is 4.55. The van der Waals surface area contributed by atoms with Crippen LogP contribution in [0.2, 0.25) is 0 Å². The van der Waals surface area contributed by atoms with E-state index >= 15 is 0 Å². The molecule has 0 fully saturated rings. The molecule has 0 N–H and O–H groups in total. The van der Waals surface area contributed by atoms with Gasteiger partial charge in [-0.2, -0.15) is 0 Å². The normalized spacial score (nSPS) is 12.9. The zero-order valence-corrected chi connectivity index (χ0v) is 17.1. The number of halogens is 2. The van der Waals surface area contributed by atoms with Gasteiger partial charge in [0.05, 0.1) is 6.04 Å². The maximum Gasteiger partial charge on any atom is 0.0731 e. The van der Waals surface area contributed by atoms with Gasteiger partial charge in [0.1, 0.15) is 0 Å². The van der Waals surface area contributed by atoms with Crippen molar-refractivity contribution in [3.8, 4) is 0 Å². The Hall–Kier alpha value is -0.430. The highest BCUT2D eigenvalue weighted by atomic mass is 127. The van der Waals surface area contributed by atoms with Crippen LogP contribution in [-0.2, 0) is 0 Å². The fraction of sp³-hybridized carbons (Fsp3) is 0.278. The third-order valence-electron chi connectivity index (χ3n) is 3.58. The van der Waals surface area contributed by atoms with Crippen molar-refractivity contribution in [1.29, 1.82) is 0 Å². The number of aliphatic imine (C=N–C) groups is 1. The van der Waals surface area contributed by atoms with Gasteiger partial charge < -0.3 is 0 Å². The van der Waals surface area contributed by atoms with Crippen LogP contribution >= 0.6 is 45.2 Å². The number of benzene rings is 2. The smallest absolute Gasteiger partial charge is 0.0731 e. The predicted octanol–water partition coefficient (Wildman–Crippen LogP) is 6.00. The van der Waals surface area contributed by atoms with E-state index < -0.39 is 0 Å². The molecule has 0 aromatic heterocycles. The highest BCUT2D eigenvalue weighted by molar-refractivity contribution is 14.1. The van der Waals surface area contributed by atoms with Crippen LogP contribution in [0.5, 0.6) is 0 Å². The summed E-state index contributed by atoms with van der Waals surface area (Å²) in [6.45, 7) is 8.60. The minimum absolute atomic E-state index is 0.175. The topological polar surface area (TPSA) is 12.4 Å². The van der Waals surface area contributed by atoms with E-state index in [0.717, 1.165) is 0 Å². The molecule has 0 bridgehead atoms. The lowest BCUT2D eigenvalue weighted by atomic mass is 10.0. The largest absolute Gasteiger partial charge is 0.285 e. The van der Waals surface area contributed by atoms with Gasteiger partial charge in [-0.05, 0) is 107 Å². The molecule has 0 radical (unpaired) electrons. The number of rotatable bonds is 3. The van der Waals surface area contributed by atoms with Crippen LogP contribution in [0.4, 0.5) is 0 Å². The molecule has 0 aliphatic carbocycles. The van der Waals surface area contributed by atoms with Crippen molar-refractivity contribution < 1.29 is 0 Å². The summed E-state index contributed by atoms with van der Waals surface area (Å²) >= 11 is 4.74. The molecule has 110 valence electrons. The van der Waals surface area contributed by atoms with Gasteiger partial charge in [0.15, 0.2) is 0 Å². The average molecular weight is 503 g/mol. The molecule has 2 rings (SSSR count). The molecule has 0 spiro atoms. The molecule has 0 saturated heterocycles. The van der Waals surface area contributed by atoms with Gasteiger partial charge in [-0.1, -0.05) is 23.8 Å². The summed E-state index contributed by atoms with van der Waals surface area (Å²) < 4.78 is 2.55. The highest BCUT2D eigenvalue weighted by Gasteiger charge is 2.08. The Labute approximate surface area is 154 Å². The maximum absolute atomic E-state index is 4.77. The van der Waals surface area contributed by atoms with Crippen molar-refractivity contribution in [3.05, 3.63) is 65.3 Å². The first-order valence-electron chi connectivity index (χ1n) is 6.94. The van der Waals surface area contributed by atoms with Crippen LogP contribution in [0, 0.1) is 27.9 Å². The van der Waals surface area contributed by atoms with Crippen LogP contribution in [0.25, 0.3) is 0 Å². The zero-order chi connectivity index (χ0) is 15.6. The molecule has 2 aromatic rings. The molecule has 0 aliphatic rings. The van der Waals surface area contributed by atoms with Crippen LogP contribution in [-0.4, -0.2) is 6.21 Å². The summed E-state index contributed by atoms with van der Waals surface area (Å²) in [5.74, 6) is 0. The van der Waals surface area contributed by atoms with E-state index in [0.29, 0.717) is 0 Å². The van der Waals surface area contributed by atoms with E-state index in [-0.39, 0.29) is 6.04 Å². The van der Waals surface area contributed by atoms with Crippen molar-refractivity contribution >= 4 is 51.4 Å². The van der Waals surface area contributed by atoms with Crippen molar-refractivity contribution in [2.45, 2.75) is 33.7 Å². The number of aryl methyl sites for hydroxylation is 3. The molecular formula is C18H19I2N. The summed E-state index contributed by atoms with van der Waals surface area (Å²) in [6, 6.07) is 11.1. The van der Waals surface area contributed by atoms with E-state index in [1.165, 1.54) is 35.0 Å². The Balaban J connectivity index is 2.29. The minimum Gasteiger partial charge on any atom is -0.285 e. The maximum atomic E-state index is 4.77. The SMILES string of the molecule is Cc1cc(C)c(C=NC(C)c2ccc(I)cc2I)c(C)c1. The Morgan fingerprint density at radius 3 is 2.19 bits per heavy atom. The summed E-state index contributed by atoms with van der Waals surface area (Å²) in [5.41, 5.74) is 6.42. The lowest BCUT2D eigenvalue weighted by Crippen LogP contribution is -1.98. The third-order valence-corrected chi connectivity index (χ3v) is 5.18. The van der Waals surface area contributed by atoms with Gasteiger partial charge in [-0.25, -0.2) is 0 Å². The Morgan fingerprint density at radius 1 is 1.00 bits per heavy atom. The molecular weight excluding hydrogens is 484 g/mol. The van der Waals surface area contributed by atoms with Gasteiger partial charge in [-0.3, -0.25) is 4.99 Å². The van der Waals surface area contributed by atoms with Crippen LogP contribution in [0.1, 0.15) is 40.8 Å². The molecule has 0 amide bonds. The second kappa shape index (κ2) is 7.22. The predicted molar refractivity (Wildman–Crippen MR) is 109 cm³/mol. The van der Waals surface area contributed by atoms with E-state index in [1.807, 2.05) is 6.21 Å². The quantitative estimate of drug-likeness (QED) is 0.360. The second-order valence-corrected chi connectivity index (χ2v) is 7.84. The molecule has 0 heterocycles. The molecule has 3 heteroatoms. The van der Waals surface area contributed by atoms with Crippen LogP contribution in [0.15, 0.2) is 35.3 Å². The monoisotopic (exact) mass is 503 g/mol. The third kappa shape index (κ3) is 4.28. The van der Waals surface area contributed by atoms with Crippen molar-refractivity contribution in [2.24, 2.45) is 4.99 Å². The molecule has 1 unspecified atom stereocenters. The van der Waals surface area contributed by atoms with Gasteiger partial charge >= 0.3 is 0 Å². The van der Waals surface area contributed by atoms with E-state index in [4.69, 9.17) is 4.99 Å². The van der Waals surface area contributed by atoms with Gasteiger partial charge in [-0.15, -0.1) is 0 Å². The first-order valence-corrected chi connectivity index (χ1v) is 9.10.